The molecular formula is C10H27Cl2N2O3P. The number of hydrogen-bond acceptors (Lipinski definition) is 3. The number of rotatable bonds is 8. The maximum atomic E-state index is 9.45. The highest BCUT2D eigenvalue weighted by Gasteiger charge is 2.13. The molecule has 0 aliphatic carbocycles. The van der Waals surface area contributed by atoms with Gasteiger partial charge in [-0.1, -0.05) is 0 Å². The molecule has 114 valence electrons. The van der Waals surface area contributed by atoms with Gasteiger partial charge in [-0.2, -0.15) is 0 Å². The van der Waals surface area contributed by atoms with E-state index in [2.05, 4.69) is 42.3 Å². The van der Waals surface area contributed by atoms with Gasteiger partial charge in [-0.3, -0.25) is 0 Å². The van der Waals surface area contributed by atoms with Gasteiger partial charge in [-0.25, -0.2) is 0 Å². The molecule has 0 rings (SSSR count). The highest BCUT2D eigenvalue weighted by molar-refractivity contribution is 7.40. The summed E-state index contributed by atoms with van der Waals surface area (Å²) in [6.07, 6.45) is 0. The monoisotopic (exact) mass is 324 g/mol. The molecule has 0 aliphatic heterocycles. The van der Waals surface area contributed by atoms with Crippen LogP contribution in [-0.2, 0) is 9.05 Å². The van der Waals surface area contributed by atoms with Crippen molar-refractivity contribution in [1.29, 1.82) is 0 Å². The van der Waals surface area contributed by atoms with E-state index < -0.39 is 8.60 Å². The first-order valence-electron chi connectivity index (χ1n) is 5.46. The largest absolute Gasteiger partial charge is 1.00 e. The highest BCUT2D eigenvalue weighted by Crippen LogP contribution is 2.32. The van der Waals surface area contributed by atoms with Gasteiger partial charge in [0, 0.05) is 0 Å². The molecule has 0 heterocycles. The van der Waals surface area contributed by atoms with E-state index in [9.17, 15) is 4.89 Å². The summed E-state index contributed by atoms with van der Waals surface area (Å²) in [5.41, 5.74) is 0. The standard InChI is InChI=1S/C10H27N2O3P.2ClH/c1-11(2,3)7-9-14-16(13)15-10-8-12(4,5)6;;/h13H,7-10H2,1-6H3;2*1H/q+2;;/p-2. The number of quaternary nitrogens is 2. The van der Waals surface area contributed by atoms with Crippen LogP contribution in [0, 0.1) is 0 Å². The van der Waals surface area contributed by atoms with Crippen molar-refractivity contribution in [3.63, 3.8) is 0 Å². The molecule has 8 heteroatoms. The minimum atomic E-state index is -1.71. The van der Waals surface area contributed by atoms with Crippen molar-refractivity contribution >= 4 is 8.60 Å². The summed E-state index contributed by atoms with van der Waals surface area (Å²) < 4.78 is 12.1. The van der Waals surface area contributed by atoms with Gasteiger partial charge in [-0.05, 0) is 0 Å². The predicted molar refractivity (Wildman–Crippen MR) is 66.8 cm³/mol. The maximum Gasteiger partial charge on any atom is 0.330 e. The molecule has 0 saturated heterocycles. The zero-order valence-electron chi connectivity index (χ0n) is 12.2. The number of halogens is 2. The van der Waals surface area contributed by atoms with E-state index in [1.165, 1.54) is 0 Å². The Hall–Kier alpha value is 0.810. The van der Waals surface area contributed by atoms with Gasteiger partial charge in [0.25, 0.3) is 0 Å². The summed E-state index contributed by atoms with van der Waals surface area (Å²) in [5.74, 6) is 0. The molecule has 0 saturated carbocycles. The Labute approximate surface area is 125 Å². The minimum absolute atomic E-state index is 0. The van der Waals surface area contributed by atoms with Gasteiger partial charge in [0.15, 0.2) is 0 Å². The molecule has 0 atom stereocenters. The molecule has 1 N–H and O–H groups in total. The van der Waals surface area contributed by atoms with Crippen LogP contribution in [0.4, 0.5) is 0 Å². The van der Waals surface area contributed by atoms with Crippen molar-refractivity contribution < 1.29 is 47.7 Å². The molecule has 0 aromatic rings. The average molecular weight is 325 g/mol. The average Bonchev–Trinajstić information content (AvgIpc) is 1.98. The molecule has 0 bridgehead atoms. The van der Waals surface area contributed by atoms with E-state index in [0.717, 1.165) is 22.1 Å². The van der Waals surface area contributed by atoms with E-state index >= 15 is 0 Å². The van der Waals surface area contributed by atoms with Crippen molar-refractivity contribution in [2.45, 2.75) is 0 Å². The van der Waals surface area contributed by atoms with E-state index in [-0.39, 0.29) is 24.8 Å². The second-order valence-electron chi connectivity index (χ2n) is 5.93. The fraction of sp³-hybridized carbons (Fsp3) is 1.00. The molecule has 18 heavy (non-hydrogen) atoms. The zero-order chi connectivity index (χ0) is 12.8. The van der Waals surface area contributed by atoms with Crippen LogP contribution >= 0.6 is 8.60 Å². The second kappa shape index (κ2) is 10.6. The first-order valence-corrected chi connectivity index (χ1v) is 6.59. The molecule has 0 fully saturated rings. The number of hydrogen-bond donors (Lipinski definition) is 1. The van der Waals surface area contributed by atoms with E-state index in [0.29, 0.717) is 13.2 Å². The van der Waals surface area contributed by atoms with Crippen molar-refractivity contribution in [2.24, 2.45) is 0 Å². The van der Waals surface area contributed by atoms with Crippen molar-refractivity contribution in [3.8, 4) is 0 Å². The summed E-state index contributed by atoms with van der Waals surface area (Å²) in [4.78, 5) is 9.45. The lowest BCUT2D eigenvalue weighted by Crippen LogP contribution is -3.00. The third kappa shape index (κ3) is 19.2. The van der Waals surface area contributed by atoms with Crippen LogP contribution in [0.25, 0.3) is 0 Å². The van der Waals surface area contributed by atoms with E-state index in [1.54, 1.807) is 0 Å². The third-order valence-corrected chi connectivity index (χ3v) is 2.73. The van der Waals surface area contributed by atoms with Crippen LogP contribution in [0.2, 0.25) is 0 Å². The predicted octanol–water partition coefficient (Wildman–Crippen LogP) is -5.34. The Morgan fingerprint density at radius 1 is 0.778 bits per heavy atom. The molecule has 0 unspecified atom stereocenters. The van der Waals surface area contributed by atoms with Gasteiger partial charge >= 0.3 is 8.60 Å². The van der Waals surface area contributed by atoms with Crippen molar-refractivity contribution in [2.75, 3.05) is 68.6 Å². The smallest absolute Gasteiger partial charge is 0.330 e. The van der Waals surface area contributed by atoms with Gasteiger partial charge in [0.2, 0.25) is 0 Å². The van der Waals surface area contributed by atoms with Crippen molar-refractivity contribution in [3.05, 3.63) is 0 Å². The zero-order valence-corrected chi connectivity index (χ0v) is 14.6. The quantitative estimate of drug-likeness (QED) is 0.358. The first-order chi connectivity index (χ1) is 7.10. The summed E-state index contributed by atoms with van der Waals surface area (Å²) >= 11 is 0. The second-order valence-corrected chi connectivity index (χ2v) is 6.92. The lowest BCUT2D eigenvalue weighted by atomic mass is 10.5. The molecule has 0 radical (unpaired) electrons. The van der Waals surface area contributed by atoms with Crippen LogP contribution < -0.4 is 24.8 Å². The fourth-order valence-electron chi connectivity index (χ4n) is 0.823. The summed E-state index contributed by atoms with van der Waals surface area (Å²) in [6.45, 7) is 2.77. The lowest BCUT2D eigenvalue weighted by molar-refractivity contribution is -0.870. The number of likely N-dealkylation sites (N-methyl/N-ethyl adjacent to an activating group) is 2. The van der Waals surface area contributed by atoms with E-state index in [1.807, 2.05) is 0 Å². The number of nitrogens with zero attached hydrogens (tertiary/aromatic N) is 2. The summed E-state index contributed by atoms with van der Waals surface area (Å²) in [7, 11) is 10.8. The lowest BCUT2D eigenvalue weighted by Gasteiger charge is -2.25. The van der Waals surface area contributed by atoms with Crippen molar-refractivity contribution in [1.82, 2.24) is 0 Å². The Bertz CT molecular complexity index is 179. The van der Waals surface area contributed by atoms with E-state index in [4.69, 9.17) is 9.05 Å². The molecule has 0 aliphatic rings. The topological polar surface area (TPSA) is 38.7 Å². The van der Waals surface area contributed by atoms with Gasteiger partial charge in [0.1, 0.15) is 26.3 Å². The third-order valence-electron chi connectivity index (χ3n) is 1.93. The van der Waals surface area contributed by atoms with Crippen LogP contribution in [0.3, 0.4) is 0 Å². The summed E-state index contributed by atoms with van der Waals surface area (Å²) in [6, 6.07) is 0. The van der Waals surface area contributed by atoms with Gasteiger partial charge < -0.3 is 47.7 Å². The first kappa shape index (κ1) is 23.9. The van der Waals surface area contributed by atoms with Gasteiger partial charge in [0.05, 0.1) is 42.3 Å². The Morgan fingerprint density at radius 2 is 1.06 bits per heavy atom. The summed E-state index contributed by atoms with van der Waals surface area (Å²) in [5, 5.41) is 0. The maximum absolute atomic E-state index is 9.45. The Kier molecular flexibility index (Phi) is 14.0. The highest BCUT2D eigenvalue weighted by atomic mass is 35.5. The van der Waals surface area contributed by atoms with Crippen LogP contribution in [0.5, 0.6) is 0 Å². The van der Waals surface area contributed by atoms with Crippen LogP contribution in [0.15, 0.2) is 0 Å². The molecule has 0 spiro atoms. The molecule has 5 nitrogen and oxygen atoms in total. The Balaban J connectivity index is -0.00000112. The van der Waals surface area contributed by atoms with Gasteiger partial charge in [-0.15, -0.1) is 0 Å². The normalized spacial score (nSPS) is 12.0. The SMILES string of the molecule is C[N+](C)(C)CCOP(O)OCC[N+](C)(C)C.[Cl-].[Cl-]. The van der Waals surface area contributed by atoms with Crippen LogP contribution in [-0.4, -0.2) is 82.4 Å². The minimum Gasteiger partial charge on any atom is -1.00 e. The van der Waals surface area contributed by atoms with Crippen LogP contribution in [0.1, 0.15) is 0 Å². The fourth-order valence-corrected chi connectivity index (χ4v) is 1.37. The Morgan fingerprint density at radius 3 is 1.28 bits per heavy atom. The molecule has 0 aromatic heterocycles. The molecule has 0 aromatic carbocycles. The molecule has 0 amide bonds. The molecular weight excluding hydrogens is 298 g/mol.